The molecule has 0 saturated heterocycles. The third-order valence-corrected chi connectivity index (χ3v) is 5.38. The number of benzene rings is 1. The van der Waals surface area contributed by atoms with Gasteiger partial charge in [0.15, 0.2) is 5.82 Å². The second-order valence-electron chi connectivity index (χ2n) is 6.09. The maximum atomic E-state index is 4.73. The molecule has 0 bridgehead atoms. The van der Waals surface area contributed by atoms with Crippen LogP contribution in [0.3, 0.4) is 0 Å². The van der Waals surface area contributed by atoms with Gasteiger partial charge in [-0.3, -0.25) is 4.68 Å². The average molecular weight is 408 g/mol. The lowest BCUT2D eigenvalue weighted by Gasteiger charge is -2.13. The predicted octanol–water partition coefficient (Wildman–Crippen LogP) is 3.96. The van der Waals surface area contributed by atoms with E-state index in [-0.39, 0.29) is 24.8 Å². The van der Waals surface area contributed by atoms with Gasteiger partial charge in [0.2, 0.25) is 0 Å². The Labute approximate surface area is 167 Å². The van der Waals surface area contributed by atoms with Gasteiger partial charge in [0, 0.05) is 36.7 Å². The van der Waals surface area contributed by atoms with E-state index >= 15 is 0 Å². The van der Waals surface area contributed by atoms with Crippen LogP contribution in [0.2, 0.25) is 0 Å². The van der Waals surface area contributed by atoms with Crippen molar-refractivity contribution in [2.24, 2.45) is 0 Å². The first kappa shape index (κ1) is 18.9. The average Bonchev–Trinajstić information content (AvgIpc) is 3.33. The zero-order chi connectivity index (χ0) is 15.9. The van der Waals surface area contributed by atoms with Gasteiger partial charge >= 0.3 is 0 Å². The van der Waals surface area contributed by atoms with E-state index < -0.39 is 0 Å². The Morgan fingerprint density at radius 3 is 2.96 bits per heavy atom. The molecule has 1 aromatic carbocycles. The Morgan fingerprint density at radius 1 is 1.15 bits per heavy atom. The summed E-state index contributed by atoms with van der Waals surface area (Å²) in [6.07, 6.45) is 3.89. The van der Waals surface area contributed by atoms with Crippen molar-refractivity contribution in [3.63, 3.8) is 0 Å². The Morgan fingerprint density at radius 2 is 2.08 bits per heavy atom. The number of rotatable bonds is 3. The van der Waals surface area contributed by atoms with Crippen molar-refractivity contribution < 1.29 is 0 Å². The fourth-order valence-electron chi connectivity index (χ4n) is 3.28. The maximum absolute atomic E-state index is 4.73. The van der Waals surface area contributed by atoms with E-state index in [1.165, 1.54) is 21.3 Å². The smallest absolute Gasteiger partial charge is 0.160 e. The molecule has 1 aliphatic rings. The van der Waals surface area contributed by atoms with Gasteiger partial charge in [-0.2, -0.15) is 5.10 Å². The summed E-state index contributed by atoms with van der Waals surface area (Å²) in [5.74, 6) is 0.933. The largest absolute Gasteiger partial charge is 0.325 e. The number of aromatic nitrogens is 4. The number of imidazole rings is 1. The summed E-state index contributed by atoms with van der Waals surface area (Å²) in [4.78, 5) is 4.55. The summed E-state index contributed by atoms with van der Waals surface area (Å²) < 4.78 is 5.59. The van der Waals surface area contributed by atoms with Gasteiger partial charge in [0.05, 0.1) is 12.2 Å². The van der Waals surface area contributed by atoms with Crippen LogP contribution in [0.5, 0.6) is 0 Å². The normalized spacial score (nSPS) is 13.1. The first-order valence-corrected chi connectivity index (χ1v) is 9.00. The van der Waals surface area contributed by atoms with Crippen molar-refractivity contribution in [3.8, 4) is 11.5 Å². The van der Waals surface area contributed by atoms with Gasteiger partial charge in [-0.25, -0.2) is 4.98 Å². The highest BCUT2D eigenvalue weighted by atomic mass is 35.5. The SMILES string of the molecule is Cl.Cl.c1cn(Cc2ccc3sccc3c2)c(-c2cc3n(n2)CCNC3)n1. The number of nitrogens with one attached hydrogen (secondary N) is 1. The molecule has 4 aromatic rings. The van der Waals surface area contributed by atoms with E-state index in [4.69, 9.17) is 5.10 Å². The molecular weight excluding hydrogens is 389 g/mol. The Kier molecular flexibility index (Phi) is 5.67. The number of nitrogens with zero attached hydrogens (tertiary/aromatic N) is 4. The molecule has 0 spiro atoms. The minimum absolute atomic E-state index is 0. The number of fused-ring (bicyclic) bond motifs is 2. The van der Waals surface area contributed by atoms with Crippen LogP contribution in [0.4, 0.5) is 0 Å². The molecule has 4 heterocycles. The predicted molar refractivity (Wildman–Crippen MR) is 111 cm³/mol. The number of thiophene rings is 1. The molecule has 0 unspecified atom stereocenters. The first-order valence-electron chi connectivity index (χ1n) is 8.12. The zero-order valence-electron chi connectivity index (χ0n) is 14.0. The van der Waals surface area contributed by atoms with Crippen molar-refractivity contribution in [1.29, 1.82) is 0 Å². The molecule has 0 saturated carbocycles. The van der Waals surface area contributed by atoms with E-state index in [1.807, 2.05) is 12.4 Å². The molecule has 1 aliphatic heterocycles. The van der Waals surface area contributed by atoms with E-state index in [0.717, 1.165) is 37.7 Å². The number of halogens is 2. The van der Waals surface area contributed by atoms with Crippen molar-refractivity contribution in [1.82, 2.24) is 24.6 Å². The third-order valence-electron chi connectivity index (χ3n) is 4.48. The summed E-state index contributed by atoms with van der Waals surface area (Å²) >= 11 is 1.78. The van der Waals surface area contributed by atoms with Crippen LogP contribution in [0.15, 0.2) is 48.1 Å². The van der Waals surface area contributed by atoms with Crippen LogP contribution >= 0.6 is 36.2 Å². The molecular formula is C18H19Cl2N5S. The summed E-state index contributed by atoms with van der Waals surface area (Å²) in [7, 11) is 0. The fraction of sp³-hybridized carbons (Fsp3) is 0.222. The summed E-state index contributed by atoms with van der Waals surface area (Å²) in [6, 6.07) is 11.0. The number of hydrogen-bond donors (Lipinski definition) is 1. The topological polar surface area (TPSA) is 47.7 Å². The van der Waals surface area contributed by atoms with Crippen LogP contribution in [-0.2, 0) is 19.6 Å². The maximum Gasteiger partial charge on any atom is 0.160 e. The monoisotopic (exact) mass is 407 g/mol. The Bertz CT molecular complexity index is 996. The van der Waals surface area contributed by atoms with Crippen molar-refractivity contribution in [2.45, 2.75) is 19.6 Å². The van der Waals surface area contributed by atoms with Gasteiger partial charge in [0.1, 0.15) is 5.69 Å². The lowest BCUT2D eigenvalue weighted by molar-refractivity contribution is 0.476. The van der Waals surface area contributed by atoms with E-state index in [9.17, 15) is 0 Å². The molecule has 1 N–H and O–H groups in total. The molecule has 0 radical (unpaired) electrons. The van der Waals surface area contributed by atoms with Gasteiger partial charge in [-0.15, -0.1) is 36.2 Å². The lowest BCUT2D eigenvalue weighted by atomic mass is 10.1. The molecule has 136 valence electrons. The zero-order valence-corrected chi connectivity index (χ0v) is 16.4. The van der Waals surface area contributed by atoms with Crippen LogP contribution in [-0.4, -0.2) is 25.9 Å². The van der Waals surface area contributed by atoms with Crippen molar-refractivity contribution >= 4 is 46.2 Å². The summed E-state index contributed by atoms with van der Waals surface area (Å²) in [5.41, 5.74) is 3.46. The molecule has 5 nitrogen and oxygen atoms in total. The minimum Gasteiger partial charge on any atom is -0.325 e. The van der Waals surface area contributed by atoms with Crippen LogP contribution < -0.4 is 5.32 Å². The molecule has 0 amide bonds. The number of hydrogen-bond acceptors (Lipinski definition) is 4. The van der Waals surface area contributed by atoms with Crippen molar-refractivity contribution in [3.05, 3.63) is 59.4 Å². The highest BCUT2D eigenvalue weighted by Crippen LogP contribution is 2.24. The van der Waals surface area contributed by atoms with E-state index in [1.54, 1.807) is 11.3 Å². The molecule has 0 fully saturated rings. The molecule has 3 aromatic heterocycles. The third kappa shape index (κ3) is 3.38. The molecule has 0 aliphatic carbocycles. The summed E-state index contributed by atoms with van der Waals surface area (Å²) in [5, 5.41) is 11.6. The highest BCUT2D eigenvalue weighted by Gasteiger charge is 2.16. The molecule has 8 heteroatoms. The molecule has 5 rings (SSSR count). The van der Waals surface area contributed by atoms with Gasteiger partial charge in [-0.05, 0) is 40.6 Å². The van der Waals surface area contributed by atoms with Crippen LogP contribution in [0, 0.1) is 0 Å². The fourth-order valence-corrected chi connectivity index (χ4v) is 4.05. The first-order chi connectivity index (χ1) is 11.9. The molecule has 0 atom stereocenters. The van der Waals surface area contributed by atoms with Crippen LogP contribution in [0.1, 0.15) is 11.3 Å². The summed E-state index contributed by atoms with van der Waals surface area (Å²) in [6.45, 7) is 3.58. The van der Waals surface area contributed by atoms with Gasteiger partial charge in [0.25, 0.3) is 0 Å². The van der Waals surface area contributed by atoms with E-state index in [0.29, 0.717) is 0 Å². The van der Waals surface area contributed by atoms with E-state index in [2.05, 4.69) is 55.3 Å². The van der Waals surface area contributed by atoms with Gasteiger partial charge in [-0.1, -0.05) is 6.07 Å². The highest BCUT2D eigenvalue weighted by molar-refractivity contribution is 7.17. The standard InChI is InChI=1S/C18H17N5S.2ClH/c1-2-17-14(3-8-24-17)9-13(1)12-22-6-5-20-18(22)16-10-15-11-19-4-7-23(15)21-16;;/h1-3,5-6,8-10,19H,4,7,11-12H2;2*1H. The van der Waals surface area contributed by atoms with Gasteiger partial charge < -0.3 is 9.88 Å². The van der Waals surface area contributed by atoms with Crippen molar-refractivity contribution in [2.75, 3.05) is 6.54 Å². The second-order valence-corrected chi connectivity index (χ2v) is 7.04. The second kappa shape index (κ2) is 7.80. The van der Waals surface area contributed by atoms with Crippen LogP contribution in [0.25, 0.3) is 21.6 Å². The quantitative estimate of drug-likeness (QED) is 0.558. The minimum atomic E-state index is 0. The molecule has 26 heavy (non-hydrogen) atoms. The Hall–Kier alpha value is -1.86. The lowest BCUT2D eigenvalue weighted by Crippen LogP contribution is -2.28. The Balaban J connectivity index is 0.000000980.